The quantitative estimate of drug-likeness (QED) is 0.190. The summed E-state index contributed by atoms with van der Waals surface area (Å²) in [6.45, 7) is 0.00684. The summed E-state index contributed by atoms with van der Waals surface area (Å²) >= 11 is 0. The van der Waals surface area contributed by atoms with Crippen LogP contribution in [-0.4, -0.2) is 58.6 Å². The summed E-state index contributed by atoms with van der Waals surface area (Å²) in [5.74, 6) is 0.305. The summed E-state index contributed by atoms with van der Waals surface area (Å²) < 4.78 is 52.0. The maximum atomic E-state index is 13.2. The summed E-state index contributed by atoms with van der Waals surface area (Å²) in [6.07, 6.45) is 7.55. The number of methoxy groups -OCH3 is 1. The number of ether oxygens (including phenoxy) is 4. The highest BCUT2D eigenvalue weighted by Crippen LogP contribution is 2.41. The van der Waals surface area contributed by atoms with Crippen LogP contribution < -0.4 is 23.7 Å². The molecular weight excluding hydrogens is 574 g/mol. The van der Waals surface area contributed by atoms with Gasteiger partial charge in [0, 0.05) is 24.8 Å². The Labute approximate surface area is 247 Å². The molecule has 0 aliphatic heterocycles. The van der Waals surface area contributed by atoms with E-state index in [1.165, 1.54) is 25.6 Å². The second-order valence-corrected chi connectivity index (χ2v) is 10.0. The molecule has 0 radical (unpaired) electrons. The Morgan fingerprint density at radius 1 is 0.744 bits per heavy atom. The van der Waals surface area contributed by atoms with E-state index in [-0.39, 0.29) is 54.1 Å². The summed E-state index contributed by atoms with van der Waals surface area (Å²) in [4.78, 5) is 25.3. The van der Waals surface area contributed by atoms with E-state index in [0.29, 0.717) is 11.3 Å². The Morgan fingerprint density at radius 2 is 1.40 bits per heavy atom. The van der Waals surface area contributed by atoms with Gasteiger partial charge < -0.3 is 18.9 Å². The zero-order chi connectivity index (χ0) is 29.9. The Kier molecular flexibility index (Phi) is 9.29. The average Bonchev–Trinajstić information content (AvgIpc) is 3.05. The van der Waals surface area contributed by atoms with Crippen molar-refractivity contribution in [2.45, 2.75) is 0 Å². The SMILES string of the molecule is COc1ccccc1Oc1c(NS(=O)(=O)/C=C\c2ccccc2)nc(-c2ncccn2)nc1OCCOc1ncccn1. The van der Waals surface area contributed by atoms with Crippen LogP contribution in [0.2, 0.25) is 0 Å². The smallest absolute Gasteiger partial charge is 0.316 e. The number of nitrogens with zero attached hydrogens (tertiary/aromatic N) is 6. The van der Waals surface area contributed by atoms with Crippen molar-refractivity contribution in [3.05, 3.63) is 102 Å². The molecule has 0 unspecified atom stereocenters. The minimum atomic E-state index is -4.11. The number of aromatic nitrogens is 6. The van der Waals surface area contributed by atoms with E-state index >= 15 is 0 Å². The molecule has 0 aliphatic carbocycles. The van der Waals surface area contributed by atoms with E-state index in [4.69, 9.17) is 18.9 Å². The Hall–Kier alpha value is -5.63. The van der Waals surface area contributed by atoms with E-state index in [1.807, 2.05) is 6.07 Å². The molecule has 0 saturated heterocycles. The molecule has 5 aromatic rings. The molecule has 218 valence electrons. The van der Waals surface area contributed by atoms with Crippen molar-refractivity contribution >= 4 is 21.9 Å². The summed E-state index contributed by atoms with van der Waals surface area (Å²) in [7, 11) is -2.63. The molecule has 1 N–H and O–H groups in total. The molecule has 0 spiro atoms. The van der Waals surface area contributed by atoms with Gasteiger partial charge in [-0.2, -0.15) is 4.98 Å². The first kappa shape index (κ1) is 28.9. The Balaban J connectivity index is 1.54. The zero-order valence-electron chi connectivity index (χ0n) is 22.8. The van der Waals surface area contributed by atoms with Gasteiger partial charge in [0.15, 0.2) is 23.1 Å². The predicted octanol–water partition coefficient (Wildman–Crippen LogP) is 4.39. The number of anilines is 1. The first-order valence-electron chi connectivity index (χ1n) is 12.8. The van der Waals surface area contributed by atoms with Gasteiger partial charge in [-0.05, 0) is 35.9 Å². The molecule has 3 aromatic heterocycles. The van der Waals surface area contributed by atoms with Gasteiger partial charge in [-0.1, -0.05) is 42.5 Å². The Morgan fingerprint density at radius 3 is 2.12 bits per heavy atom. The standard InChI is InChI=1S/C29H25N7O6S/c1-39-22-11-5-6-12-23(22)42-24-25(36-43(37,38)20-13-21-9-3-2-4-10-21)34-27(26-30-14-7-15-31-26)35-28(24)40-18-19-41-29-32-16-8-17-33-29/h2-17,20H,18-19H2,1H3,(H,34,35,36)/b20-13-. The highest BCUT2D eigenvalue weighted by atomic mass is 32.2. The summed E-state index contributed by atoms with van der Waals surface area (Å²) in [6, 6.07) is 19.2. The van der Waals surface area contributed by atoms with Gasteiger partial charge in [0.2, 0.25) is 11.6 Å². The second-order valence-electron chi connectivity index (χ2n) is 8.44. The number of benzene rings is 2. The number of rotatable bonds is 13. The van der Waals surface area contributed by atoms with Gasteiger partial charge in [0.1, 0.15) is 13.2 Å². The molecule has 0 amide bonds. The molecule has 0 saturated carbocycles. The van der Waals surface area contributed by atoms with Crippen LogP contribution in [0.3, 0.4) is 0 Å². The molecule has 2 aromatic carbocycles. The topological polar surface area (TPSA) is 160 Å². The van der Waals surface area contributed by atoms with Gasteiger partial charge in [-0.25, -0.2) is 33.3 Å². The normalized spacial score (nSPS) is 11.2. The van der Waals surface area contributed by atoms with Crippen molar-refractivity contribution in [1.29, 1.82) is 0 Å². The highest BCUT2D eigenvalue weighted by molar-refractivity contribution is 7.95. The maximum Gasteiger partial charge on any atom is 0.316 e. The number of para-hydroxylation sites is 2. The molecule has 0 fully saturated rings. The first-order valence-corrected chi connectivity index (χ1v) is 14.3. The summed E-state index contributed by atoms with van der Waals surface area (Å²) in [5, 5.41) is 1.02. The van der Waals surface area contributed by atoms with Gasteiger partial charge in [0.25, 0.3) is 15.9 Å². The lowest BCUT2D eigenvalue weighted by Crippen LogP contribution is -2.15. The lowest BCUT2D eigenvalue weighted by Gasteiger charge is -2.17. The molecular formula is C29H25N7O6S. The molecule has 3 heterocycles. The third kappa shape index (κ3) is 7.98. The molecule has 13 nitrogen and oxygen atoms in total. The molecule has 14 heteroatoms. The fourth-order valence-corrected chi connectivity index (χ4v) is 4.36. The Bertz CT molecular complexity index is 1780. The minimum Gasteiger partial charge on any atom is -0.493 e. The molecule has 0 aliphatic rings. The van der Waals surface area contributed by atoms with Crippen LogP contribution in [0.25, 0.3) is 17.7 Å². The number of hydrogen-bond acceptors (Lipinski definition) is 12. The van der Waals surface area contributed by atoms with Crippen LogP contribution in [0, 0.1) is 0 Å². The van der Waals surface area contributed by atoms with Gasteiger partial charge in [-0.3, -0.25) is 4.72 Å². The van der Waals surface area contributed by atoms with Crippen molar-refractivity contribution in [3.8, 4) is 40.8 Å². The third-order valence-corrected chi connectivity index (χ3v) is 6.43. The highest BCUT2D eigenvalue weighted by Gasteiger charge is 2.24. The van der Waals surface area contributed by atoms with Crippen LogP contribution in [0.4, 0.5) is 5.82 Å². The third-order valence-electron chi connectivity index (χ3n) is 5.45. The van der Waals surface area contributed by atoms with E-state index in [9.17, 15) is 8.42 Å². The van der Waals surface area contributed by atoms with Crippen molar-refractivity contribution in [3.63, 3.8) is 0 Å². The molecule has 0 bridgehead atoms. The van der Waals surface area contributed by atoms with E-state index in [0.717, 1.165) is 5.41 Å². The van der Waals surface area contributed by atoms with Crippen molar-refractivity contribution in [1.82, 2.24) is 29.9 Å². The maximum absolute atomic E-state index is 13.2. The lowest BCUT2D eigenvalue weighted by atomic mass is 10.2. The zero-order valence-corrected chi connectivity index (χ0v) is 23.6. The van der Waals surface area contributed by atoms with Crippen LogP contribution in [0.1, 0.15) is 5.56 Å². The van der Waals surface area contributed by atoms with Gasteiger partial charge in [-0.15, -0.1) is 0 Å². The van der Waals surface area contributed by atoms with Crippen LogP contribution in [-0.2, 0) is 10.0 Å². The van der Waals surface area contributed by atoms with E-state index in [2.05, 4.69) is 34.6 Å². The minimum absolute atomic E-state index is 0.0139. The number of sulfonamides is 1. The predicted molar refractivity (Wildman–Crippen MR) is 157 cm³/mol. The number of hydrogen-bond donors (Lipinski definition) is 1. The van der Waals surface area contributed by atoms with Gasteiger partial charge in [0.05, 0.1) is 12.5 Å². The molecule has 43 heavy (non-hydrogen) atoms. The second kappa shape index (κ2) is 13.8. The molecule has 0 atom stereocenters. The largest absolute Gasteiger partial charge is 0.493 e. The van der Waals surface area contributed by atoms with Crippen molar-refractivity contribution in [2.24, 2.45) is 0 Å². The average molecular weight is 600 g/mol. The summed E-state index contributed by atoms with van der Waals surface area (Å²) in [5.41, 5.74) is 0.686. The molecule has 5 rings (SSSR count). The fraction of sp³-hybridized carbons (Fsp3) is 0.103. The van der Waals surface area contributed by atoms with Crippen LogP contribution in [0.5, 0.6) is 29.1 Å². The monoisotopic (exact) mass is 599 g/mol. The van der Waals surface area contributed by atoms with E-state index in [1.54, 1.807) is 73.1 Å². The van der Waals surface area contributed by atoms with Crippen molar-refractivity contribution in [2.75, 3.05) is 25.0 Å². The lowest BCUT2D eigenvalue weighted by molar-refractivity contribution is 0.197. The van der Waals surface area contributed by atoms with Gasteiger partial charge >= 0.3 is 6.01 Å². The van der Waals surface area contributed by atoms with Crippen LogP contribution >= 0.6 is 0 Å². The van der Waals surface area contributed by atoms with Crippen molar-refractivity contribution < 1.29 is 27.4 Å². The fourth-order valence-electron chi connectivity index (χ4n) is 3.55. The van der Waals surface area contributed by atoms with Crippen LogP contribution in [0.15, 0.2) is 96.9 Å². The van der Waals surface area contributed by atoms with E-state index < -0.39 is 10.0 Å². The first-order chi connectivity index (χ1) is 21.0. The number of nitrogens with one attached hydrogen (secondary N) is 1.